The van der Waals surface area contributed by atoms with Crippen molar-refractivity contribution in [2.75, 3.05) is 6.54 Å². The van der Waals surface area contributed by atoms with Gasteiger partial charge >= 0.3 is 0 Å². The molecule has 0 amide bonds. The summed E-state index contributed by atoms with van der Waals surface area (Å²) in [5.41, 5.74) is 2.23. The molecule has 0 aliphatic heterocycles. The topological polar surface area (TPSA) is 42.7 Å². The number of rotatable bonds is 7. The highest BCUT2D eigenvalue weighted by molar-refractivity contribution is 5.74. The molecule has 2 rings (SSSR count). The van der Waals surface area contributed by atoms with Crippen molar-refractivity contribution in [1.82, 2.24) is 19.9 Å². The van der Waals surface area contributed by atoms with Gasteiger partial charge in [-0.3, -0.25) is 4.98 Å². The van der Waals surface area contributed by atoms with E-state index in [1.54, 1.807) is 0 Å². The summed E-state index contributed by atoms with van der Waals surface area (Å²) in [5, 5.41) is 3.45. The van der Waals surface area contributed by atoms with Gasteiger partial charge in [-0.25, -0.2) is 4.98 Å². The molecule has 0 spiro atoms. The quantitative estimate of drug-likeness (QED) is 0.778. The Bertz CT molecular complexity index is 516. The molecule has 2 aromatic rings. The van der Waals surface area contributed by atoms with E-state index in [1.165, 1.54) is 11.3 Å². The van der Waals surface area contributed by atoms with Gasteiger partial charge < -0.3 is 9.88 Å². The summed E-state index contributed by atoms with van der Waals surface area (Å²) in [6, 6.07) is 2.62. The molecule has 2 aromatic heterocycles. The first-order valence-electron chi connectivity index (χ1n) is 7.25. The average Bonchev–Trinajstić information content (AvgIpc) is 2.74. The maximum atomic E-state index is 4.72. The molecule has 0 radical (unpaired) electrons. The molecule has 19 heavy (non-hydrogen) atoms. The molecule has 1 N–H and O–H groups in total. The van der Waals surface area contributed by atoms with Gasteiger partial charge in [-0.2, -0.15) is 0 Å². The Hall–Kier alpha value is -1.42. The van der Waals surface area contributed by atoms with Crippen LogP contribution in [0.15, 0.2) is 18.5 Å². The molecule has 0 fully saturated rings. The standard InChI is InChI=1S/C15H24N4/c1-4-10-19-14-7-9-16-11-13(14)18-15(19)6-5-8-17-12(2)3/h7,9,11-12,17H,4-6,8,10H2,1-3H3. The number of aryl methyl sites for hydroxylation is 2. The lowest BCUT2D eigenvalue weighted by Gasteiger charge is -2.09. The van der Waals surface area contributed by atoms with Gasteiger partial charge in [0.05, 0.1) is 11.7 Å². The highest BCUT2D eigenvalue weighted by Crippen LogP contribution is 2.16. The van der Waals surface area contributed by atoms with Gasteiger partial charge in [-0.15, -0.1) is 0 Å². The molecular formula is C15H24N4. The third-order valence-corrected chi connectivity index (χ3v) is 3.21. The Morgan fingerprint density at radius 3 is 2.95 bits per heavy atom. The molecule has 0 bridgehead atoms. The Labute approximate surface area is 115 Å². The Balaban J connectivity index is 2.10. The first-order valence-corrected chi connectivity index (χ1v) is 7.25. The minimum absolute atomic E-state index is 0.554. The summed E-state index contributed by atoms with van der Waals surface area (Å²) in [5.74, 6) is 1.19. The van der Waals surface area contributed by atoms with E-state index in [1.807, 2.05) is 12.4 Å². The van der Waals surface area contributed by atoms with Gasteiger partial charge in [-0.1, -0.05) is 20.8 Å². The number of nitrogens with zero attached hydrogens (tertiary/aromatic N) is 3. The molecule has 0 unspecified atom stereocenters. The summed E-state index contributed by atoms with van der Waals surface area (Å²) < 4.78 is 2.34. The van der Waals surface area contributed by atoms with E-state index in [4.69, 9.17) is 4.98 Å². The molecule has 104 valence electrons. The van der Waals surface area contributed by atoms with E-state index in [9.17, 15) is 0 Å². The van der Waals surface area contributed by atoms with Crippen molar-refractivity contribution in [3.8, 4) is 0 Å². The zero-order valence-electron chi connectivity index (χ0n) is 12.2. The zero-order valence-corrected chi connectivity index (χ0v) is 12.2. The summed E-state index contributed by atoms with van der Waals surface area (Å²) >= 11 is 0. The van der Waals surface area contributed by atoms with E-state index >= 15 is 0 Å². The third kappa shape index (κ3) is 3.53. The summed E-state index contributed by atoms with van der Waals surface area (Å²) in [6.07, 6.45) is 6.98. The van der Waals surface area contributed by atoms with Gasteiger partial charge in [0.15, 0.2) is 0 Å². The molecule has 4 nitrogen and oxygen atoms in total. The molecule has 0 saturated carbocycles. The molecule has 2 heterocycles. The van der Waals surface area contributed by atoms with Crippen molar-refractivity contribution in [3.05, 3.63) is 24.3 Å². The minimum Gasteiger partial charge on any atom is -0.328 e. The van der Waals surface area contributed by atoms with Crippen LogP contribution < -0.4 is 5.32 Å². The number of hydrogen-bond donors (Lipinski definition) is 1. The molecule has 0 atom stereocenters. The number of hydrogen-bond acceptors (Lipinski definition) is 3. The highest BCUT2D eigenvalue weighted by Gasteiger charge is 2.09. The minimum atomic E-state index is 0.554. The maximum absolute atomic E-state index is 4.72. The van der Waals surface area contributed by atoms with E-state index in [2.05, 4.69) is 41.7 Å². The second-order valence-electron chi connectivity index (χ2n) is 5.26. The smallest absolute Gasteiger partial charge is 0.109 e. The van der Waals surface area contributed by atoms with Crippen LogP contribution in [0.4, 0.5) is 0 Å². The molecule has 0 aliphatic carbocycles. The molecule has 0 aliphatic rings. The number of nitrogens with one attached hydrogen (secondary N) is 1. The Morgan fingerprint density at radius 1 is 1.37 bits per heavy atom. The van der Waals surface area contributed by atoms with Crippen LogP contribution in [0.3, 0.4) is 0 Å². The van der Waals surface area contributed by atoms with E-state index < -0.39 is 0 Å². The molecular weight excluding hydrogens is 236 g/mol. The van der Waals surface area contributed by atoms with E-state index in [0.717, 1.165) is 37.9 Å². The van der Waals surface area contributed by atoms with Crippen molar-refractivity contribution < 1.29 is 0 Å². The van der Waals surface area contributed by atoms with Gasteiger partial charge in [-0.05, 0) is 25.5 Å². The van der Waals surface area contributed by atoms with Gasteiger partial charge in [0.1, 0.15) is 11.3 Å². The predicted molar refractivity (Wildman–Crippen MR) is 79.3 cm³/mol. The highest BCUT2D eigenvalue weighted by atomic mass is 15.1. The van der Waals surface area contributed by atoms with Crippen LogP contribution in [-0.4, -0.2) is 27.1 Å². The second kappa shape index (κ2) is 6.66. The fourth-order valence-corrected chi connectivity index (χ4v) is 2.33. The zero-order chi connectivity index (χ0) is 13.7. The monoisotopic (exact) mass is 260 g/mol. The van der Waals surface area contributed by atoms with Crippen LogP contribution in [0.5, 0.6) is 0 Å². The second-order valence-corrected chi connectivity index (χ2v) is 5.26. The van der Waals surface area contributed by atoms with Crippen molar-refractivity contribution in [2.24, 2.45) is 0 Å². The maximum Gasteiger partial charge on any atom is 0.109 e. The SMILES string of the molecule is CCCn1c(CCCNC(C)C)nc2cnccc21. The van der Waals surface area contributed by atoms with Gasteiger partial charge in [0.25, 0.3) is 0 Å². The van der Waals surface area contributed by atoms with Crippen molar-refractivity contribution >= 4 is 11.0 Å². The van der Waals surface area contributed by atoms with Crippen molar-refractivity contribution in [1.29, 1.82) is 0 Å². The normalized spacial score (nSPS) is 11.6. The van der Waals surface area contributed by atoms with Crippen LogP contribution in [0.25, 0.3) is 11.0 Å². The largest absolute Gasteiger partial charge is 0.328 e. The molecule has 4 heteroatoms. The lowest BCUT2D eigenvalue weighted by Crippen LogP contribution is -2.24. The number of aromatic nitrogens is 3. The lowest BCUT2D eigenvalue weighted by atomic mass is 10.2. The number of fused-ring (bicyclic) bond motifs is 1. The van der Waals surface area contributed by atoms with Crippen LogP contribution in [0.2, 0.25) is 0 Å². The molecule has 0 aromatic carbocycles. The lowest BCUT2D eigenvalue weighted by molar-refractivity contribution is 0.556. The fraction of sp³-hybridized carbons (Fsp3) is 0.600. The van der Waals surface area contributed by atoms with Crippen molar-refractivity contribution in [3.63, 3.8) is 0 Å². The average molecular weight is 260 g/mol. The number of imidazole rings is 1. The summed E-state index contributed by atoms with van der Waals surface area (Å²) in [6.45, 7) is 8.64. The van der Waals surface area contributed by atoms with E-state index in [-0.39, 0.29) is 0 Å². The summed E-state index contributed by atoms with van der Waals surface area (Å²) in [7, 11) is 0. The third-order valence-electron chi connectivity index (χ3n) is 3.21. The van der Waals surface area contributed by atoms with Crippen molar-refractivity contribution in [2.45, 2.75) is 52.6 Å². The Kier molecular flexibility index (Phi) is 4.91. The summed E-state index contributed by atoms with van der Waals surface area (Å²) in [4.78, 5) is 8.88. The molecule has 0 saturated heterocycles. The first-order chi connectivity index (χ1) is 9.22. The first kappa shape index (κ1) is 14.0. The Morgan fingerprint density at radius 2 is 2.21 bits per heavy atom. The van der Waals surface area contributed by atoms with Crippen LogP contribution in [-0.2, 0) is 13.0 Å². The fourth-order valence-electron chi connectivity index (χ4n) is 2.33. The predicted octanol–water partition coefficient (Wildman–Crippen LogP) is 2.77. The van der Waals surface area contributed by atoms with Crippen LogP contribution >= 0.6 is 0 Å². The number of pyridine rings is 1. The van der Waals surface area contributed by atoms with E-state index in [0.29, 0.717) is 6.04 Å². The van der Waals surface area contributed by atoms with Crippen LogP contribution in [0.1, 0.15) is 39.4 Å². The van der Waals surface area contributed by atoms with Crippen LogP contribution in [0, 0.1) is 0 Å². The van der Waals surface area contributed by atoms with Gasteiger partial charge in [0.2, 0.25) is 0 Å². The van der Waals surface area contributed by atoms with Gasteiger partial charge in [0, 0.05) is 25.2 Å².